The Morgan fingerprint density at radius 3 is 2.68 bits per heavy atom. The van der Waals surface area contributed by atoms with Crippen LogP contribution in [0.5, 0.6) is 0 Å². The Bertz CT molecular complexity index is 789. The molecule has 2 aromatic rings. The summed E-state index contributed by atoms with van der Waals surface area (Å²) in [5, 5.41) is 4.20. The molecule has 0 unspecified atom stereocenters. The van der Waals surface area contributed by atoms with Gasteiger partial charge in [-0.05, 0) is 24.3 Å². The highest BCUT2D eigenvalue weighted by Gasteiger charge is 2.22. The zero-order chi connectivity index (χ0) is 15.7. The number of thioether (sulfide) groups is 1. The quantitative estimate of drug-likeness (QED) is 0.788. The first-order valence-corrected chi connectivity index (χ1v) is 8.27. The number of primary amides is 1. The largest absolute Gasteiger partial charge is 0.366 e. The van der Waals surface area contributed by atoms with Crippen molar-refractivity contribution in [2.45, 2.75) is 4.90 Å². The summed E-state index contributed by atoms with van der Waals surface area (Å²) >= 11 is 13.8. The van der Waals surface area contributed by atoms with Gasteiger partial charge in [0.2, 0.25) is 0 Å². The predicted octanol–water partition coefficient (Wildman–Crippen LogP) is 4.41. The lowest BCUT2D eigenvalue weighted by atomic mass is 10.0. The smallest absolute Gasteiger partial charge is 0.251 e. The molecule has 0 bridgehead atoms. The number of hydrogen-bond acceptors (Lipinski definition) is 3. The molecule has 0 radical (unpaired) electrons. The summed E-state index contributed by atoms with van der Waals surface area (Å²) < 4.78 is 0. The van der Waals surface area contributed by atoms with E-state index in [2.05, 4.69) is 5.32 Å². The highest BCUT2D eigenvalue weighted by molar-refractivity contribution is 7.99. The Labute approximate surface area is 142 Å². The van der Waals surface area contributed by atoms with Crippen molar-refractivity contribution >= 4 is 52.1 Å². The number of nitrogens with one attached hydrogen (secondary N) is 1. The zero-order valence-corrected chi connectivity index (χ0v) is 13.7. The van der Waals surface area contributed by atoms with Crippen molar-refractivity contribution in [3.05, 3.63) is 63.8 Å². The molecule has 112 valence electrons. The number of rotatable bonds is 2. The fourth-order valence-corrected chi connectivity index (χ4v) is 3.78. The third kappa shape index (κ3) is 2.95. The van der Waals surface area contributed by atoms with Crippen LogP contribution in [0.1, 0.15) is 5.56 Å². The molecule has 2 aromatic carbocycles. The second-order valence-corrected chi connectivity index (χ2v) is 6.61. The summed E-state index contributed by atoms with van der Waals surface area (Å²) in [4.78, 5) is 13.1. The maximum absolute atomic E-state index is 12.0. The molecule has 0 fully saturated rings. The monoisotopic (exact) mass is 350 g/mol. The molecule has 1 amide bonds. The number of anilines is 1. The molecule has 1 aliphatic rings. The lowest BCUT2D eigenvalue weighted by molar-refractivity contribution is -0.112. The molecule has 3 nitrogen and oxygen atoms in total. The Morgan fingerprint density at radius 1 is 1.18 bits per heavy atom. The molecular formula is C16H12Cl2N2OS. The van der Waals surface area contributed by atoms with Gasteiger partial charge < -0.3 is 11.1 Å². The second-order valence-electron chi connectivity index (χ2n) is 4.75. The minimum absolute atomic E-state index is 0.392. The maximum atomic E-state index is 12.0. The van der Waals surface area contributed by atoms with Crippen LogP contribution in [0, 0.1) is 0 Å². The van der Waals surface area contributed by atoms with Gasteiger partial charge in [0.05, 0.1) is 16.3 Å². The first kappa shape index (κ1) is 15.3. The average molecular weight is 351 g/mol. The standard InChI is InChI=1S/C16H12Cl2N2OS/c17-9-5-6-10(11(18)7-9)15(16(19)21)13-8-22-14-4-2-1-3-12(14)20-13/h1-7,20H,8H2,(H2,19,21). The van der Waals surface area contributed by atoms with Crippen LogP contribution < -0.4 is 11.1 Å². The second kappa shape index (κ2) is 6.24. The van der Waals surface area contributed by atoms with Crippen molar-refractivity contribution in [3.63, 3.8) is 0 Å². The molecule has 22 heavy (non-hydrogen) atoms. The summed E-state index contributed by atoms with van der Waals surface area (Å²) in [6.07, 6.45) is 0. The van der Waals surface area contributed by atoms with Gasteiger partial charge in [-0.1, -0.05) is 41.4 Å². The molecule has 3 rings (SSSR count). The van der Waals surface area contributed by atoms with E-state index in [0.717, 1.165) is 16.3 Å². The number of benzene rings is 2. The number of amides is 1. The molecular weight excluding hydrogens is 339 g/mol. The van der Waals surface area contributed by atoms with E-state index in [0.29, 0.717) is 26.9 Å². The van der Waals surface area contributed by atoms with E-state index >= 15 is 0 Å². The Hall–Kier alpha value is -1.62. The maximum Gasteiger partial charge on any atom is 0.251 e. The molecule has 0 atom stereocenters. The fraction of sp³-hybridized carbons (Fsp3) is 0.0625. The van der Waals surface area contributed by atoms with Gasteiger partial charge in [0.25, 0.3) is 5.91 Å². The molecule has 6 heteroatoms. The van der Waals surface area contributed by atoms with Gasteiger partial charge in [-0.3, -0.25) is 4.79 Å². The molecule has 0 saturated carbocycles. The van der Waals surface area contributed by atoms with Crippen LogP contribution in [0.2, 0.25) is 10.0 Å². The lowest BCUT2D eigenvalue weighted by Gasteiger charge is -2.23. The van der Waals surface area contributed by atoms with E-state index in [1.165, 1.54) is 0 Å². The van der Waals surface area contributed by atoms with Crippen molar-refractivity contribution in [2.75, 3.05) is 11.1 Å². The van der Waals surface area contributed by atoms with Crippen LogP contribution in [0.25, 0.3) is 5.57 Å². The fourth-order valence-electron chi connectivity index (χ4n) is 2.32. The third-order valence-electron chi connectivity index (χ3n) is 3.29. The van der Waals surface area contributed by atoms with E-state index in [1.54, 1.807) is 30.0 Å². The summed E-state index contributed by atoms with van der Waals surface area (Å²) in [6, 6.07) is 12.9. The van der Waals surface area contributed by atoms with Crippen molar-refractivity contribution < 1.29 is 4.79 Å². The minimum atomic E-state index is -0.522. The van der Waals surface area contributed by atoms with Crippen LogP contribution in [-0.2, 0) is 4.79 Å². The highest BCUT2D eigenvalue weighted by Crippen LogP contribution is 2.38. The van der Waals surface area contributed by atoms with Crippen LogP contribution in [0.15, 0.2) is 53.1 Å². The van der Waals surface area contributed by atoms with E-state index in [-0.39, 0.29) is 0 Å². The van der Waals surface area contributed by atoms with Gasteiger partial charge in [0, 0.05) is 26.9 Å². The van der Waals surface area contributed by atoms with Gasteiger partial charge in [-0.2, -0.15) is 0 Å². The predicted molar refractivity (Wildman–Crippen MR) is 93.4 cm³/mol. The van der Waals surface area contributed by atoms with E-state index in [1.807, 2.05) is 24.3 Å². The van der Waals surface area contributed by atoms with Gasteiger partial charge in [-0.25, -0.2) is 0 Å². The molecule has 0 aromatic heterocycles. The number of para-hydroxylation sites is 1. The SMILES string of the molecule is NC(=O)C(=C1CSc2ccccc2N1)c1ccc(Cl)cc1Cl. The molecule has 1 aliphatic heterocycles. The topological polar surface area (TPSA) is 55.1 Å². The van der Waals surface area contributed by atoms with Gasteiger partial charge in [0.1, 0.15) is 0 Å². The molecule has 1 heterocycles. The number of hydrogen-bond donors (Lipinski definition) is 2. The van der Waals surface area contributed by atoms with Gasteiger partial charge >= 0.3 is 0 Å². The Kier molecular flexibility index (Phi) is 4.34. The van der Waals surface area contributed by atoms with Gasteiger partial charge in [0.15, 0.2) is 0 Å². The number of carbonyl (C=O) groups is 1. The van der Waals surface area contributed by atoms with Crippen LogP contribution >= 0.6 is 35.0 Å². The third-order valence-corrected chi connectivity index (χ3v) is 4.94. The molecule has 3 N–H and O–H groups in total. The summed E-state index contributed by atoms with van der Waals surface area (Å²) in [6.45, 7) is 0. The first-order valence-electron chi connectivity index (χ1n) is 6.53. The van der Waals surface area contributed by atoms with Crippen molar-refractivity contribution in [3.8, 4) is 0 Å². The average Bonchev–Trinajstić information content (AvgIpc) is 2.49. The number of halogens is 2. The van der Waals surface area contributed by atoms with Crippen LogP contribution in [0.4, 0.5) is 5.69 Å². The molecule has 0 spiro atoms. The van der Waals surface area contributed by atoms with Crippen molar-refractivity contribution in [1.82, 2.24) is 0 Å². The highest BCUT2D eigenvalue weighted by atomic mass is 35.5. The summed E-state index contributed by atoms with van der Waals surface area (Å²) in [5.41, 5.74) is 8.27. The molecule has 0 saturated heterocycles. The van der Waals surface area contributed by atoms with Crippen LogP contribution in [0.3, 0.4) is 0 Å². The molecule has 0 aliphatic carbocycles. The normalized spacial score (nSPS) is 15.7. The number of carbonyl (C=O) groups excluding carboxylic acids is 1. The number of nitrogens with two attached hydrogens (primary N) is 1. The summed E-state index contributed by atoms with van der Waals surface area (Å²) in [7, 11) is 0. The first-order chi connectivity index (χ1) is 10.6. The van der Waals surface area contributed by atoms with Crippen molar-refractivity contribution in [1.29, 1.82) is 0 Å². The van der Waals surface area contributed by atoms with Crippen molar-refractivity contribution in [2.24, 2.45) is 5.73 Å². The lowest BCUT2D eigenvalue weighted by Crippen LogP contribution is -2.20. The zero-order valence-electron chi connectivity index (χ0n) is 11.4. The van der Waals surface area contributed by atoms with Gasteiger partial charge in [-0.15, -0.1) is 11.8 Å². The summed E-state index contributed by atoms with van der Waals surface area (Å²) in [5.74, 6) is 0.0977. The van der Waals surface area contributed by atoms with E-state index in [4.69, 9.17) is 28.9 Å². The van der Waals surface area contributed by atoms with Crippen LogP contribution in [-0.4, -0.2) is 11.7 Å². The Balaban J connectivity index is 2.10. The Morgan fingerprint density at radius 2 is 1.95 bits per heavy atom. The number of fused-ring (bicyclic) bond motifs is 1. The minimum Gasteiger partial charge on any atom is -0.366 e. The van der Waals surface area contributed by atoms with E-state index in [9.17, 15) is 4.79 Å². The van der Waals surface area contributed by atoms with E-state index < -0.39 is 5.91 Å².